The van der Waals surface area contributed by atoms with Gasteiger partial charge < -0.3 is 15.4 Å². The van der Waals surface area contributed by atoms with Crippen molar-refractivity contribution in [1.29, 1.82) is 0 Å². The molecule has 0 aliphatic heterocycles. The SMILES string of the molecule is CCN(CC)C(CNC(=NC)NCCCOC)CC(C)C. The number of guanidine groups is 1. The Balaban J connectivity index is 4.29. The maximum absolute atomic E-state index is 5.05. The molecular weight excluding hydrogens is 264 g/mol. The van der Waals surface area contributed by atoms with Gasteiger partial charge in [0.1, 0.15) is 0 Å². The fourth-order valence-electron chi connectivity index (χ4n) is 2.50. The van der Waals surface area contributed by atoms with Gasteiger partial charge in [0.2, 0.25) is 0 Å². The van der Waals surface area contributed by atoms with E-state index in [1.54, 1.807) is 7.11 Å². The Labute approximate surface area is 131 Å². The fraction of sp³-hybridized carbons (Fsp3) is 0.938. The number of methoxy groups -OCH3 is 1. The molecule has 0 aliphatic carbocycles. The second-order valence-electron chi connectivity index (χ2n) is 5.73. The van der Waals surface area contributed by atoms with Crippen LogP contribution in [0.5, 0.6) is 0 Å². The molecule has 0 saturated carbocycles. The molecule has 0 rings (SSSR count). The number of ether oxygens (including phenoxy) is 1. The Hall–Kier alpha value is -0.810. The molecule has 0 aromatic heterocycles. The van der Waals surface area contributed by atoms with Crippen molar-refractivity contribution in [2.45, 2.75) is 46.6 Å². The Kier molecular flexibility index (Phi) is 12.4. The summed E-state index contributed by atoms with van der Waals surface area (Å²) in [6.45, 7) is 13.8. The highest BCUT2D eigenvalue weighted by atomic mass is 16.5. The predicted molar refractivity (Wildman–Crippen MR) is 92.0 cm³/mol. The van der Waals surface area contributed by atoms with Crippen LogP contribution in [0.4, 0.5) is 0 Å². The van der Waals surface area contributed by atoms with Crippen LogP contribution in [0.1, 0.15) is 40.5 Å². The Morgan fingerprint density at radius 2 is 1.86 bits per heavy atom. The summed E-state index contributed by atoms with van der Waals surface area (Å²) in [5.41, 5.74) is 0. The summed E-state index contributed by atoms with van der Waals surface area (Å²) in [7, 11) is 3.55. The van der Waals surface area contributed by atoms with E-state index < -0.39 is 0 Å². The van der Waals surface area contributed by atoms with Gasteiger partial charge in [-0.05, 0) is 31.8 Å². The normalized spacial score (nSPS) is 13.8. The van der Waals surface area contributed by atoms with Gasteiger partial charge in [-0.3, -0.25) is 9.89 Å². The number of hydrogen-bond donors (Lipinski definition) is 2. The molecule has 0 spiro atoms. The first-order valence-corrected chi connectivity index (χ1v) is 8.26. The maximum atomic E-state index is 5.05. The Bertz CT molecular complexity index is 265. The number of nitrogens with zero attached hydrogens (tertiary/aromatic N) is 2. The van der Waals surface area contributed by atoms with Gasteiger partial charge in [-0.2, -0.15) is 0 Å². The summed E-state index contributed by atoms with van der Waals surface area (Å²) in [4.78, 5) is 6.80. The van der Waals surface area contributed by atoms with Gasteiger partial charge >= 0.3 is 0 Å². The summed E-state index contributed by atoms with van der Waals surface area (Å²) in [6, 6.07) is 0.553. The van der Waals surface area contributed by atoms with Gasteiger partial charge in [-0.1, -0.05) is 27.7 Å². The van der Waals surface area contributed by atoms with E-state index in [2.05, 4.69) is 48.2 Å². The molecule has 0 heterocycles. The van der Waals surface area contributed by atoms with E-state index in [1.807, 2.05) is 7.05 Å². The van der Waals surface area contributed by atoms with Crippen molar-refractivity contribution in [3.63, 3.8) is 0 Å². The maximum Gasteiger partial charge on any atom is 0.191 e. The van der Waals surface area contributed by atoms with Gasteiger partial charge in [-0.15, -0.1) is 0 Å². The van der Waals surface area contributed by atoms with Crippen LogP contribution in [0.3, 0.4) is 0 Å². The second kappa shape index (κ2) is 12.9. The number of nitrogens with one attached hydrogen (secondary N) is 2. The Morgan fingerprint density at radius 3 is 2.33 bits per heavy atom. The van der Waals surface area contributed by atoms with E-state index in [0.29, 0.717) is 12.0 Å². The van der Waals surface area contributed by atoms with Crippen molar-refractivity contribution in [2.24, 2.45) is 10.9 Å². The van der Waals surface area contributed by atoms with Crippen LogP contribution in [0, 0.1) is 5.92 Å². The van der Waals surface area contributed by atoms with Gasteiger partial charge in [0.15, 0.2) is 5.96 Å². The first kappa shape index (κ1) is 20.2. The fourth-order valence-corrected chi connectivity index (χ4v) is 2.50. The lowest BCUT2D eigenvalue weighted by molar-refractivity contribution is 0.190. The van der Waals surface area contributed by atoms with E-state index in [0.717, 1.165) is 45.2 Å². The molecule has 0 aromatic carbocycles. The average Bonchev–Trinajstić information content (AvgIpc) is 2.46. The summed E-state index contributed by atoms with van der Waals surface area (Å²) < 4.78 is 5.05. The van der Waals surface area contributed by atoms with Crippen LogP contribution in [-0.2, 0) is 4.74 Å². The molecule has 0 amide bonds. The van der Waals surface area contributed by atoms with Crippen LogP contribution in [-0.4, -0.2) is 63.8 Å². The summed E-state index contributed by atoms with van der Waals surface area (Å²) >= 11 is 0. The molecule has 1 unspecified atom stereocenters. The van der Waals surface area contributed by atoms with Crippen molar-refractivity contribution >= 4 is 5.96 Å². The minimum absolute atomic E-state index is 0.553. The number of hydrogen-bond acceptors (Lipinski definition) is 3. The lowest BCUT2D eigenvalue weighted by Crippen LogP contribution is -2.47. The first-order chi connectivity index (χ1) is 10.1. The van der Waals surface area contributed by atoms with Gasteiger partial charge in [-0.25, -0.2) is 0 Å². The van der Waals surface area contributed by atoms with Gasteiger partial charge in [0, 0.05) is 39.9 Å². The standard InChI is InChI=1S/C16H36N4O/c1-7-20(8-2)15(12-14(3)4)13-19-16(17-5)18-10-9-11-21-6/h14-15H,7-13H2,1-6H3,(H2,17,18,19). The summed E-state index contributed by atoms with van der Waals surface area (Å²) in [6.07, 6.45) is 2.19. The molecule has 0 saturated heterocycles. The highest BCUT2D eigenvalue weighted by Gasteiger charge is 2.17. The minimum atomic E-state index is 0.553. The summed E-state index contributed by atoms with van der Waals surface area (Å²) in [5.74, 6) is 1.58. The topological polar surface area (TPSA) is 48.9 Å². The van der Waals surface area contributed by atoms with Crippen LogP contribution in [0.2, 0.25) is 0 Å². The van der Waals surface area contributed by atoms with Gasteiger partial charge in [0.05, 0.1) is 0 Å². The van der Waals surface area contributed by atoms with Crippen molar-refractivity contribution < 1.29 is 4.74 Å². The zero-order valence-electron chi connectivity index (χ0n) is 14.9. The first-order valence-electron chi connectivity index (χ1n) is 8.26. The lowest BCUT2D eigenvalue weighted by Gasteiger charge is -2.31. The zero-order valence-corrected chi connectivity index (χ0v) is 14.9. The van der Waals surface area contributed by atoms with Crippen LogP contribution in [0.15, 0.2) is 4.99 Å². The lowest BCUT2D eigenvalue weighted by atomic mass is 10.0. The monoisotopic (exact) mass is 300 g/mol. The molecule has 126 valence electrons. The quantitative estimate of drug-likeness (QED) is 0.348. The Morgan fingerprint density at radius 1 is 1.19 bits per heavy atom. The van der Waals surface area contributed by atoms with Crippen molar-refractivity contribution in [2.75, 3.05) is 46.9 Å². The predicted octanol–water partition coefficient (Wildman–Crippen LogP) is 1.94. The van der Waals surface area contributed by atoms with Crippen molar-refractivity contribution in [1.82, 2.24) is 15.5 Å². The average molecular weight is 300 g/mol. The molecule has 2 N–H and O–H groups in total. The smallest absolute Gasteiger partial charge is 0.191 e. The molecule has 0 fully saturated rings. The largest absolute Gasteiger partial charge is 0.385 e. The van der Waals surface area contributed by atoms with Crippen LogP contribution in [0.25, 0.3) is 0 Å². The van der Waals surface area contributed by atoms with Crippen molar-refractivity contribution in [3.05, 3.63) is 0 Å². The molecule has 0 aromatic rings. The van der Waals surface area contributed by atoms with E-state index in [9.17, 15) is 0 Å². The second-order valence-corrected chi connectivity index (χ2v) is 5.73. The highest BCUT2D eigenvalue weighted by Crippen LogP contribution is 2.10. The van der Waals surface area contributed by atoms with E-state index in [4.69, 9.17) is 4.74 Å². The van der Waals surface area contributed by atoms with E-state index in [-0.39, 0.29) is 0 Å². The molecule has 5 nitrogen and oxygen atoms in total. The molecule has 1 atom stereocenters. The number of rotatable bonds is 11. The molecule has 0 radical (unpaired) electrons. The third-order valence-corrected chi connectivity index (χ3v) is 3.62. The number of aliphatic imine (C=N–C) groups is 1. The van der Waals surface area contributed by atoms with E-state index in [1.165, 1.54) is 6.42 Å². The molecule has 21 heavy (non-hydrogen) atoms. The minimum Gasteiger partial charge on any atom is -0.385 e. The van der Waals surface area contributed by atoms with Crippen molar-refractivity contribution in [3.8, 4) is 0 Å². The van der Waals surface area contributed by atoms with Gasteiger partial charge in [0.25, 0.3) is 0 Å². The summed E-state index contributed by atoms with van der Waals surface area (Å²) in [5, 5.41) is 6.79. The third-order valence-electron chi connectivity index (χ3n) is 3.62. The molecule has 5 heteroatoms. The number of likely N-dealkylation sites (N-methyl/N-ethyl adjacent to an activating group) is 1. The van der Waals surface area contributed by atoms with Crippen LogP contribution < -0.4 is 10.6 Å². The molecular formula is C16H36N4O. The highest BCUT2D eigenvalue weighted by molar-refractivity contribution is 5.79. The molecule has 0 aliphatic rings. The van der Waals surface area contributed by atoms with Crippen LogP contribution >= 0.6 is 0 Å². The zero-order chi connectivity index (χ0) is 16.1. The third kappa shape index (κ3) is 9.69. The molecule has 0 bridgehead atoms. The van der Waals surface area contributed by atoms with E-state index >= 15 is 0 Å².